The van der Waals surface area contributed by atoms with Gasteiger partial charge in [0.1, 0.15) is 4.90 Å². The summed E-state index contributed by atoms with van der Waals surface area (Å²) in [4.78, 5) is 15.6. The third kappa shape index (κ3) is 3.98. The SMILES string of the molecule is O=C(O)CONS(=O)(=O)c1c(Cl)cc(Cl)cc1Cl. The van der Waals surface area contributed by atoms with E-state index >= 15 is 0 Å². The van der Waals surface area contributed by atoms with Crippen LogP contribution >= 0.6 is 34.8 Å². The molecule has 0 bridgehead atoms. The molecule has 0 atom stereocenters. The van der Waals surface area contributed by atoms with Gasteiger partial charge in [-0.2, -0.15) is 0 Å². The molecule has 0 aliphatic rings. The van der Waals surface area contributed by atoms with Crippen LogP contribution < -0.4 is 4.89 Å². The summed E-state index contributed by atoms with van der Waals surface area (Å²) in [6.45, 7) is -0.845. The monoisotopic (exact) mass is 333 g/mol. The highest BCUT2D eigenvalue weighted by atomic mass is 35.5. The maximum Gasteiger partial charge on any atom is 0.331 e. The van der Waals surface area contributed by atoms with E-state index in [9.17, 15) is 13.2 Å². The Morgan fingerprint density at radius 1 is 1.28 bits per heavy atom. The van der Waals surface area contributed by atoms with Crippen LogP contribution in [0.15, 0.2) is 17.0 Å². The fraction of sp³-hybridized carbons (Fsp3) is 0.125. The van der Waals surface area contributed by atoms with Crippen LogP contribution in [0.3, 0.4) is 0 Å². The fourth-order valence-corrected chi connectivity index (χ4v) is 3.35. The van der Waals surface area contributed by atoms with E-state index in [-0.39, 0.29) is 15.1 Å². The van der Waals surface area contributed by atoms with Crippen molar-refractivity contribution in [2.75, 3.05) is 6.61 Å². The predicted molar refractivity (Wildman–Crippen MR) is 65.4 cm³/mol. The number of nitrogens with one attached hydrogen (secondary N) is 1. The Morgan fingerprint density at radius 2 is 1.78 bits per heavy atom. The number of sulfonamides is 1. The number of carbonyl (C=O) groups is 1. The summed E-state index contributed by atoms with van der Waals surface area (Å²) < 4.78 is 23.5. The molecule has 0 aliphatic heterocycles. The van der Waals surface area contributed by atoms with Gasteiger partial charge in [-0.15, -0.1) is 0 Å². The van der Waals surface area contributed by atoms with E-state index in [0.717, 1.165) is 0 Å². The quantitative estimate of drug-likeness (QED) is 0.803. The second-order valence-corrected chi connectivity index (χ2v) is 5.80. The fourth-order valence-electron chi connectivity index (χ4n) is 0.996. The van der Waals surface area contributed by atoms with Gasteiger partial charge in [0.25, 0.3) is 10.0 Å². The second-order valence-electron chi connectivity index (χ2n) is 2.97. The van der Waals surface area contributed by atoms with Crippen molar-refractivity contribution >= 4 is 50.8 Å². The molecule has 0 radical (unpaired) electrons. The van der Waals surface area contributed by atoms with E-state index in [0.29, 0.717) is 0 Å². The molecule has 0 fully saturated rings. The summed E-state index contributed by atoms with van der Waals surface area (Å²) in [7, 11) is -4.19. The molecule has 1 aromatic carbocycles. The zero-order valence-electron chi connectivity index (χ0n) is 8.48. The maximum atomic E-state index is 11.7. The largest absolute Gasteiger partial charge is 0.479 e. The standard InChI is InChI=1S/C8H6Cl3NO5S/c9-4-1-5(10)8(6(11)2-4)18(15,16)12-17-3-7(13)14/h1-2,12H,3H2,(H,13,14). The lowest BCUT2D eigenvalue weighted by atomic mass is 10.4. The van der Waals surface area contributed by atoms with Gasteiger partial charge in [0.05, 0.1) is 10.0 Å². The van der Waals surface area contributed by atoms with Crippen molar-refractivity contribution in [1.29, 1.82) is 0 Å². The summed E-state index contributed by atoms with van der Waals surface area (Å²) in [5.74, 6) is -1.34. The number of carboxylic acid groups (broad SMARTS) is 1. The maximum absolute atomic E-state index is 11.7. The lowest BCUT2D eigenvalue weighted by molar-refractivity contribution is -0.143. The van der Waals surface area contributed by atoms with Crippen LogP contribution in [0.2, 0.25) is 15.1 Å². The van der Waals surface area contributed by atoms with E-state index in [1.807, 2.05) is 0 Å². The molecule has 0 unspecified atom stereocenters. The Bertz CT molecular complexity index is 551. The Labute approximate surface area is 117 Å². The third-order valence-corrected chi connectivity index (χ3v) is 3.95. The predicted octanol–water partition coefficient (Wildman–Crippen LogP) is 1.94. The Kier molecular flexibility index (Phi) is 5.20. The van der Waals surface area contributed by atoms with Gasteiger partial charge in [0, 0.05) is 5.02 Å². The van der Waals surface area contributed by atoms with Gasteiger partial charge in [-0.3, -0.25) is 4.84 Å². The van der Waals surface area contributed by atoms with E-state index in [1.165, 1.54) is 12.1 Å². The molecule has 6 nitrogen and oxygen atoms in total. The highest BCUT2D eigenvalue weighted by Crippen LogP contribution is 2.32. The molecule has 0 amide bonds. The molecule has 0 aliphatic carbocycles. The molecule has 1 rings (SSSR count). The minimum absolute atomic E-state index is 0.162. The smallest absolute Gasteiger partial charge is 0.331 e. The van der Waals surface area contributed by atoms with Crippen molar-refractivity contribution in [3.05, 3.63) is 27.2 Å². The molecule has 10 heteroatoms. The number of carboxylic acids is 1. The Hall–Kier alpha value is -0.570. The zero-order valence-corrected chi connectivity index (χ0v) is 11.6. The third-order valence-electron chi connectivity index (χ3n) is 1.60. The lowest BCUT2D eigenvalue weighted by Gasteiger charge is -2.09. The van der Waals surface area contributed by atoms with E-state index in [4.69, 9.17) is 39.9 Å². The highest BCUT2D eigenvalue weighted by molar-refractivity contribution is 7.89. The van der Waals surface area contributed by atoms with Crippen LogP contribution in [0.1, 0.15) is 0 Å². The van der Waals surface area contributed by atoms with Gasteiger partial charge < -0.3 is 5.11 Å². The average Bonchev–Trinajstić information content (AvgIpc) is 2.13. The minimum atomic E-state index is -4.19. The number of hydrogen-bond donors (Lipinski definition) is 2. The van der Waals surface area contributed by atoms with Crippen LogP contribution in [0.4, 0.5) is 0 Å². The van der Waals surface area contributed by atoms with Gasteiger partial charge in [0.15, 0.2) is 6.61 Å². The van der Waals surface area contributed by atoms with E-state index < -0.39 is 27.5 Å². The number of benzene rings is 1. The van der Waals surface area contributed by atoms with Gasteiger partial charge in [0.2, 0.25) is 0 Å². The summed E-state index contributed by atoms with van der Waals surface area (Å²) in [5, 5.41) is 8.04. The topological polar surface area (TPSA) is 92.7 Å². The van der Waals surface area contributed by atoms with Gasteiger partial charge in [-0.25, -0.2) is 13.2 Å². The molecule has 0 aromatic heterocycles. The van der Waals surface area contributed by atoms with Crippen LogP contribution in [0, 0.1) is 0 Å². The minimum Gasteiger partial charge on any atom is -0.479 e. The summed E-state index contributed by atoms with van der Waals surface area (Å²) in [6, 6.07) is 2.36. The van der Waals surface area contributed by atoms with Crippen molar-refractivity contribution in [3.63, 3.8) is 0 Å². The average molecular weight is 335 g/mol. The normalized spacial score (nSPS) is 11.5. The molecule has 1 aromatic rings. The summed E-state index contributed by atoms with van der Waals surface area (Å²) in [6.07, 6.45) is 0. The Morgan fingerprint density at radius 3 is 2.22 bits per heavy atom. The molecule has 18 heavy (non-hydrogen) atoms. The first-order valence-corrected chi connectivity index (χ1v) is 6.85. The first-order chi connectivity index (χ1) is 8.24. The van der Waals surface area contributed by atoms with Crippen molar-refractivity contribution in [1.82, 2.24) is 4.89 Å². The van der Waals surface area contributed by atoms with Crippen LogP contribution in [-0.2, 0) is 19.7 Å². The molecular formula is C8H6Cl3NO5S. The van der Waals surface area contributed by atoms with Crippen LogP contribution in [0.5, 0.6) is 0 Å². The van der Waals surface area contributed by atoms with Gasteiger partial charge in [-0.05, 0) is 12.1 Å². The van der Waals surface area contributed by atoms with Crippen molar-refractivity contribution in [3.8, 4) is 0 Å². The Balaban J connectivity index is 3.02. The first kappa shape index (κ1) is 15.5. The molecule has 0 spiro atoms. The van der Waals surface area contributed by atoms with Crippen molar-refractivity contribution in [2.24, 2.45) is 0 Å². The van der Waals surface area contributed by atoms with Crippen molar-refractivity contribution in [2.45, 2.75) is 4.90 Å². The molecule has 0 saturated carbocycles. The van der Waals surface area contributed by atoms with Crippen LogP contribution in [-0.4, -0.2) is 26.1 Å². The molecule has 0 heterocycles. The summed E-state index contributed by atoms with van der Waals surface area (Å²) in [5.41, 5.74) is 0. The molecular weight excluding hydrogens is 329 g/mol. The number of halogens is 3. The molecule has 2 N–H and O–H groups in total. The summed E-state index contributed by atoms with van der Waals surface area (Å²) >= 11 is 17.0. The lowest BCUT2D eigenvalue weighted by Crippen LogP contribution is -2.27. The molecule has 100 valence electrons. The highest BCUT2D eigenvalue weighted by Gasteiger charge is 2.23. The van der Waals surface area contributed by atoms with E-state index in [2.05, 4.69) is 4.84 Å². The van der Waals surface area contributed by atoms with Gasteiger partial charge >= 0.3 is 5.97 Å². The van der Waals surface area contributed by atoms with Crippen LogP contribution in [0.25, 0.3) is 0 Å². The number of rotatable bonds is 5. The van der Waals surface area contributed by atoms with Crippen molar-refractivity contribution < 1.29 is 23.2 Å². The van der Waals surface area contributed by atoms with E-state index in [1.54, 1.807) is 4.89 Å². The molecule has 0 saturated heterocycles. The number of aliphatic carboxylic acids is 1. The first-order valence-electron chi connectivity index (χ1n) is 4.24. The van der Waals surface area contributed by atoms with Gasteiger partial charge in [-0.1, -0.05) is 39.7 Å². The second kappa shape index (κ2) is 6.05. The number of hydrogen-bond acceptors (Lipinski definition) is 4. The zero-order chi connectivity index (χ0) is 13.9.